The second-order valence-corrected chi connectivity index (χ2v) is 6.79. The molecule has 0 aromatic heterocycles. The molecular weight excluding hydrogens is 284 g/mol. The van der Waals surface area contributed by atoms with Crippen LogP contribution in [0.15, 0.2) is 0 Å². The molecule has 0 radical (unpaired) electrons. The molecule has 22 heavy (non-hydrogen) atoms. The van der Waals surface area contributed by atoms with Gasteiger partial charge in [-0.3, -0.25) is 9.59 Å². The van der Waals surface area contributed by atoms with Crippen molar-refractivity contribution in [1.29, 1.82) is 0 Å². The van der Waals surface area contributed by atoms with Gasteiger partial charge in [0.15, 0.2) is 17.7 Å². The van der Waals surface area contributed by atoms with Gasteiger partial charge < -0.3 is 14.2 Å². The van der Waals surface area contributed by atoms with Crippen molar-refractivity contribution in [3.05, 3.63) is 0 Å². The number of carbonyl (C=O) groups is 2. The van der Waals surface area contributed by atoms with Crippen LogP contribution in [0.4, 0.5) is 0 Å². The Balaban J connectivity index is 1.64. The molecule has 3 fully saturated rings. The number of rotatable bonds is 5. The average Bonchev–Trinajstić information content (AvgIpc) is 3.10. The van der Waals surface area contributed by atoms with E-state index in [1.807, 2.05) is 6.92 Å². The largest absolute Gasteiger partial charge is 0.454 e. The number of hydrogen-bond donors (Lipinski definition) is 0. The van der Waals surface area contributed by atoms with Gasteiger partial charge >= 0.3 is 5.97 Å². The molecule has 0 aromatic rings. The molecule has 2 aliphatic heterocycles. The normalized spacial score (nSPS) is 34.0. The summed E-state index contributed by atoms with van der Waals surface area (Å²) in [6.07, 6.45) is 7.01. The molecule has 1 saturated carbocycles. The molecule has 0 unspecified atom stereocenters. The first-order valence-electron chi connectivity index (χ1n) is 8.67. The summed E-state index contributed by atoms with van der Waals surface area (Å²) in [6, 6.07) is 0. The van der Waals surface area contributed by atoms with Crippen molar-refractivity contribution in [3.63, 3.8) is 0 Å². The van der Waals surface area contributed by atoms with Gasteiger partial charge in [0.05, 0.1) is 19.1 Å². The zero-order valence-electron chi connectivity index (χ0n) is 13.3. The van der Waals surface area contributed by atoms with Crippen molar-refractivity contribution in [2.24, 2.45) is 5.92 Å². The van der Waals surface area contributed by atoms with Gasteiger partial charge in [-0.25, -0.2) is 0 Å². The highest BCUT2D eigenvalue weighted by Crippen LogP contribution is 2.42. The second-order valence-electron chi connectivity index (χ2n) is 6.79. The molecule has 0 aromatic carbocycles. The Morgan fingerprint density at radius 1 is 1.27 bits per heavy atom. The lowest BCUT2D eigenvalue weighted by atomic mass is 9.90. The van der Waals surface area contributed by atoms with E-state index in [0.29, 0.717) is 13.0 Å². The van der Waals surface area contributed by atoms with Gasteiger partial charge in [-0.05, 0) is 19.3 Å². The van der Waals surface area contributed by atoms with Crippen LogP contribution in [-0.4, -0.2) is 36.4 Å². The molecule has 5 nitrogen and oxygen atoms in total. The van der Waals surface area contributed by atoms with Gasteiger partial charge in [0.1, 0.15) is 0 Å². The Bertz CT molecular complexity index is 427. The predicted molar refractivity (Wildman–Crippen MR) is 79.2 cm³/mol. The molecule has 124 valence electrons. The SMILES string of the molecule is CCCCC(=O)[C@@H]1OC(=O)C[C@H]1[C@H]1COC2(CCCCC2)O1. The number of ether oxygens (including phenoxy) is 3. The van der Waals surface area contributed by atoms with Crippen LogP contribution in [0.5, 0.6) is 0 Å². The van der Waals surface area contributed by atoms with Crippen molar-refractivity contribution in [3.8, 4) is 0 Å². The third-order valence-electron chi connectivity index (χ3n) is 5.11. The molecule has 2 heterocycles. The van der Waals surface area contributed by atoms with Crippen molar-refractivity contribution in [1.82, 2.24) is 0 Å². The van der Waals surface area contributed by atoms with Crippen molar-refractivity contribution in [2.45, 2.75) is 82.7 Å². The first kappa shape index (κ1) is 15.9. The summed E-state index contributed by atoms with van der Waals surface area (Å²) in [5, 5.41) is 0. The van der Waals surface area contributed by atoms with Gasteiger partial charge in [-0.15, -0.1) is 0 Å². The van der Waals surface area contributed by atoms with E-state index in [1.165, 1.54) is 6.42 Å². The fourth-order valence-electron chi connectivity index (χ4n) is 3.84. The monoisotopic (exact) mass is 310 g/mol. The number of carbonyl (C=O) groups excluding carboxylic acids is 2. The fraction of sp³-hybridized carbons (Fsp3) is 0.882. The lowest BCUT2D eigenvalue weighted by Gasteiger charge is -2.32. The summed E-state index contributed by atoms with van der Waals surface area (Å²) in [6.45, 7) is 2.52. The minimum atomic E-state index is -0.633. The molecule has 0 amide bonds. The molecule has 1 spiro atoms. The van der Waals surface area contributed by atoms with E-state index in [4.69, 9.17) is 14.2 Å². The third-order valence-corrected chi connectivity index (χ3v) is 5.11. The second kappa shape index (κ2) is 6.67. The molecule has 3 rings (SSSR count). The van der Waals surface area contributed by atoms with Crippen LogP contribution in [0.25, 0.3) is 0 Å². The number of ketones is 1. The maximum Gasteiger partial charge on any atom is 0.307 e. The molecule has 3 atom stereocenters. The van der Waals surface area contributed by atoms with Crippen LogP contribution in [0.3, 0.4) is 0 Å². The van der Waals surface area contributed by atoms with Crippen molar-refractivity contribution < 1.29 is 23.8 Å². The first-order chi connectivity index (χ1) is 10.6. The van der Waals surface area contributed by atoms with E-state index < -0.39 is 11.9 Å². The average molecular weight is 310 g/mol. The fourth-order valence-corrected chi connectivity index (χ4v) is 3.84. The Morgan fingerprint density at radius 2 is 2.05 bits per heavy atom. The molecule has 5 heteroatoms. The molecule has 0 N–H and O–H groups in total. The highest BCUT2D eigenvalue weighted by Gasteiger charge is 2.51. The summed E-state index contributed by atoms with van der Waals surface area (Å²) in [5.74, 6) is -0.900. The van der Waals surface area contributed by atoms with Gasteiger partial charge in [-0.2, -0.15) is 0 Å². The van der Waals surface area contributed by atoms with Crippen LogP contribution in [0.1, 0.15) is 64.7 Å². The summed E-state index contributed by atoms with van der Waals surface area (Å²) < 4.78 is 17.4. The van der Waals surface area contributed by atoms with Crippen molar-refractivity contribution >= 4 is 11.8 Å². The number of cyclic esters (lactones) is 1. The van der Waals surface area contributed by atoms with Crippen LogP contribution in [-0.2, 0) is 23.8 Å². The van der Waals surface area contributed by atoms with Crippen LogP contribution in [0.2, 0.25) is 0 Å². The predicted octanol–water partition coefficient (Wildman–Crippen LogP) is 2.75. The van der Waals surface area contributed by atoms with E-state index in [-0.39, 0.29) is 30.2 Å². The highest BCUT2D eigenvalue weighted by atomic mass is 16.7. The molecular formula is C17H26O5. The smallest absolute Gasteiger partial charge is 0.307 e. The van der Waals surface area contributed by atoms with E-state index in [9.17, 15) is 9.59 Å². The lowest BCUT2D eigenvalue weighted by Crippen LogP contribution is -2.38. The van der Waals surface area contributed by atoms with Crippen LogP contribution >= 0.6 is 0 Å². The minimum Gasteiger partial charge on any atom is -0.454 e. The van der Waals surface area contributed by atoms with E-state index in [0.717, 1.165) is 38.5 Å². The lowest BCUT2D eigenvalue weighted by molar-refractivity contribution is -0.193. The number of hydrogen-bond acceptors (Lipinski definition) is 5. The van der Waals surface area contributed by atoms with E-state index >= 15 is 0 Å². The maximum absolute atomic E-state index is 12.3. The van der Waals surface area contributed by atoms with Gasteiger partial charge in [-0.1, -0.05) is 19.8 Å². The van der Waals surface area contributed by atoms with Gasteiger partial charge in [0, 0.05) is 25.2 Å². The maximum atomic E-state index is 12.3. The van der Waals surface area contributed by atoms with Crippen LogP contribution in [0, 0.1) is 5.92 Å². The zero-order chi connectivity index (χ0) is 15.6. The number of unbranched alkanes of at least 4 members (excludes halogenated alkanes) is 1. The number of esters is 1. The highest BCUT2D eigenvalue weighted by molar-refractivity contribution is 5.88. The third kappa shape index (κ3) is 3.20. The quantitative estimate of drug-likeness (QED) is 0.731. The van der Waals surface area contributed by atoms with Crippen molar-refractivity contribution in [2.75, 3.05) is 6.61 Å². The van der Waals surface area contributed by atoms with E-state index in [1.54, 1.807) is 0 Å². The topological polar surface area (TPSA) is 61.8 Å². The first-order valence-corrected chi connectivity index (χ1v) is 8.67. The molecule has 2 saturated heterocycles. The summed E-state index contributed by atoms with van der Waals surface area (Å²) in [7, 11) is 0. The minimum absolute atomic E-state index is 0.0332. The molecule has 3 aliphatic rings. The Hall–Kier alpha value is -0.940. The summed E-state index contributed by atoms with van der Waals surface area (Å²) in [4.78, 5) is 24.0. The number of Topliss-reactive ketones (excluding diaryl/α,β-unsaturated/α-hetero) is 1. The molecule has 1 aliphatic carbocycles. The zero-order valence-corrected chi connectivity index (χ0v) is 13.3. The standard InChI is InChI=1S/C17H26O5/c1-2-3-7-13(18)16-12(10-15(19)21-16)14-11-20-17(22-14)8-5-4-6-9-17/h12,14,16H,2-11H2,1H3/t12-,14+,16+/m0/s1. The Labute approximate surface area is 131 Å². The van der Waals surface area contributed by atoms with Crippen LogP contribution < -0.4 is 0 Å². The summed E-state index contributed by atoms with van der Waals surface area (Å²) in [5.41, 5.74) is 0. The Kier molecular flexibility index (Phi) is 4.83. The molecule has 0 bridgehead atoms. The van der Waals surface area contributed by atoms with Gasteiger partial charge in [0.2, 0.25) is 0 Å². The summed E-state index contributed by atoms with van der Waals surface area (Å²) >= 11 is 0. The Morgan fingerprint density at radius 3 is 2.77 bits per heavy atom. The van der Waals surface area contributed by atoms with E-state index in [2.05, 4.69) is 0 Å². The van der Waals surface area contributed by atoms with Gasteiger partial charge in [0.25, 0.3) is 0 Å².